The summed E-state index contributed by atoms with van der Waals surface area (Å²) in [6, 6.07) is 14.1. The van der Waals surface area contributed by atoms with Crippen molar-refractivity contribution in [2.75, 3.05) is 17.3 Å². The number of aromatic hydroxyl groups is 1. The number of nitrogens with one attached hydrogen (secondary N) is 1. The Labute approximate surface area is 138 Å². The maximum atomic E-state index is 9.49. The van der Waals surface area contributed by atoms with E-state index in [2.05, 4.69) is 20.3 Å². The molecule has 6 nitrogen and oxygen atoms in total. The second-order valence-corrected chi connectivity index (χ2v) is 5.26. The molecule has 0 aliphatic heterocycles. The summed E-state index contributed by atoms with van der Waals surface area (Å²) in [6.45, 7) is 0. The summed E-state index contributed by atoms with van der Waals surface area (Å²) in [6.07, 6.45) is 1.43. The van der Waals surface area contributed by atoms with Gasteiger partial charge in [-0.1, -0.05) is 23.7 Å². The Morgan fingerprint density at radius 1 is 1.09 bits per heavy atom. The molecular formula is C16H14ClN5O. The molecule has 0 spiro atoms. The van der Waals surface area contributed by atoms with Crippen LogP contribution in [0.3, 0.4) is 0 Å². The zero-order valence-electron chi connectivity index (χ0n) is 12.3. The highest BCUT2D eigenvalue weighted by Crippen LogP contribution is 2.24. The van der Waals surface area contributed by atoms with Crippen LogP contribution in [0, 0.1) is 0 Å². The second-order valence-electron chi connectivity index (χ2n) is 4.82. The number of nitrogens with zero attached hydrogens (tertiary/aromatic N) is 4. The van der Waals surface area contributed by atoms with Crippen LogP contribution in [0.15, 0.2) is 54.9 Å². The topological polar surface area (TPSA) is 74.2 Å². The van der Waals surface area contributed by atoms with Gasteiger partial charge < -0.3 is 15.3 Å². The van der Waals surface area contributed by atoms with E-state index in [4.69, 9.17) is 11.6 Å². The first-order valence-electron chi connectivity index (χ1n) is 6.86. The van der Waals surface area contributed by atoms with Crippen LogP contribution >= 0.6 is 11.6 Å². The molecule has 0 bridgehead atoms. The number of halogens is 1. The van der Waals surface area contributed by atoms with Crippen LogP contribution < -0.4 is 10.2 Å². The molecule has 3 aromatic rings. The highest BCUT2D eigenvalue weighted by atomic mass is 35.5. The van der Waals surface area contributed by atoms with E-state index >= 15 is 0 Å². The summed E-state index contributed by atoms with van der Waals surface area (Å²) in [5, 5.41) is 13.2. The summed E-state index contributed by atoms with van der Waals surface area (Å²) >= 11 is 6.01. The largest absolute Gasteiger partial charge is 0.508 e. The molecule has 0 atom stereocenters. The summed E-state index contributed by atoms with van der Waals surface area (Å²) in [7, 11) is 1.85. The summed E-state index contributed by atoms with van der Waals surface area (Å²) in [5.41, 5.74) is 1.56. The number of aromatic nitrogens is 3. The molecule has 0 unspecified atom stereocenters. The number of benzene rings is 2. The molecule has 1 aromatic heterocycles. The standard InChI is InChI=1S/C16H14ClN5O/c1-22(13-6-2-4-11(17)8-13)16-19-10-18-15(21-16)20-12-5-3-7-14(23)9-12/h2-10,23H,1H3,(H,18,19,20,21). The minimum atomic E-state index is 0.167. The Morgan fingerprint density at radius 2 is 1.91 bits per heavy atom. The van der Waals surface area contributed by atoms with Crippen molar-refractivity contribution in [1.29, 1.82) is 0 Å². The highest BCUT2D eigenvalue weighted by molar-refractivity contribution is 6.30. The van der Waals surface area contributed by atoms with Crippen molar-refractivity contribution in [3.05, 3.63) is 59.9 Å². The van der Waals surface area contributed by atoms with E-state index in [1.807, 2.05) is 31.3 Å². The number of anilines is 4. The monoisotopic (exact) mass is 327 g/mol. The molecule has 0 saturated heterocycles. The molecule has 0 fully saturated rings. The van der Waals surface area contributed by atoms with Crippen molar-refractivity contribution < 1.29 is 5.11 Å². The van der Waals surface area contributed by atoms with Crippen molar-refractivity contribution in [3.63, 3.8) is 0 Å². The Kier molecular flexibility index (Phi) is 4.25. The van der Waals surface area contributed by atoms with E-state index in [0.29, 0.717) is 22.6 Å². The summed E-state index contributed by atoms with van der Waals surface area (Å²) in [4.78, 5) is 14.4. The highest BCUT2D eigenvalue weighted by Gasteiger charge is 2.09. The average molecular weight is 328 g/mol. The van der Waals surface area contributed by atoms with Gasteiger partial charge in [0.05, 0.1) is 0 Å². The lowest BCUT2D eigenvalue weighted by Crippen LogP contribution is -2.14. The molecule has 116 valence electrons. The lowest BCUT2D eigenvalue weighted by Gasteiger charge is -2.17. The molecular weight excluding hydrogens is 314 g/mol. The van der Waals surface area contributed by atoms with Gasteiger partial charge in [0.15, 0.2) is 0 Å². The van der Waals surface area contributed by atoms with Gasteiger partial charge >= 0.3 is 0 Å². The van der Waals surface area contributed by atoms with Crippen LogP contribution in [-0.2, 0) is 0 Å². The Morgan fingerprint density at radius 3 is 2.70 bits per heavy atom. The SMILES string of the molecule is CN(c1cccc(Cl)c1)c1ncnc(Nc2cccc(O)c2)n1. The lowest BCUT2D eigenvalue weighted by molar-refractivity contribution is 0.475. The lowest BCUT2D eigenvalue weighted by atomic mass is 10.3. The smallest absolute Gasteiger partial charge is 0.234 e. The zero-order valence-corrected chi connectivity index (χ0v) is 13.1. The van der Waals surface area contributed by atoms with Crippen LogP contribution in [-0.4, -0.2) is 27.1 Å². The third kappa shape index (κ3) is 3.67. The van der Waals surface area contributed by atoms with Gasteiger partial charge in [0.1, 0.15) is 12.1 Å². The van der Waals surface area contributed by atoms with Crippen LogP contribution in [0.1, 0.15) is 0 Å². The normalized spacial score (nSPS) is 10.3. The van der Waals surface area contributed by atoms with E-state index in [1.165, 1.54) is 6.33 Å². The van der Waals surface area contributed by atoms with Crippen LogP contribution in [0.5, 0.6) is 5.75 Å². The van der Waals surface area contributed by atoms with Crippen molar-refractivity contribution in [1.82, 2.24) is 15.0 Å². The summed E-state index contributed by atoms with van der Waals surface area (Å²) < 4.78 is 0. The quantitative estimate of drug-likeness (QED) is 0.760. The van der Waals surface area contributed by atoms with Gasteiger partial charge in [0, 0.05) is 29.5 Å². The molecule has 0 radical (unpaired) electrons. The number of phenolic OH excluding ortho intramolecular Hbond substituents is 1. The van der Waals surface area contributed by atoms with Crippen LogP contribution in [0.4, 0.5) is 23.3 Å². The second kappa shape index (κ2) is 6.50. The van der Waals surface area contributed by atoms with E-state index in [9.17, 15) is 5.11 Å². The fraction of sp³-hybridized carbons (Fsp3) is 0.0625. The van der Waals surface area contributed by atoms with Crippen molar-refractivity contribution in [3.8, 4) is 5.75 Å². The third-order valence-electron chi connectivity index (χ3n) is 3.16. The molecule has 0 aliphatic rings. The van der Waals surface area contributed by atoms with Gasteiger partial charge in [-0.2, -0.15) is 4.98 Å². The van der Waals surface area contributed by atoms with Gasteiger partial charge in [-0.25, -0.2) is 9.97 Å². The number of phenols is 1. The first-order chi connectivity index (χ1) is 11.1. The van der Waals surface area contributed by atoms with E-state index in [1.54, 1.807) is 29.2 Å². The van der Waals surface area contributed by atoms with Gasteiger partial charge in [-0.3, -0.25) is 0 Å². The fourth-order valence-electron chi connectivity index (χ4n) is 2.02. The van der Waals surface area contributed by atoms with Crippen molar-refractivity contribution >= 4 is 34.9 Å². The van der Waals surface area contributed by atoms with Gasteiger partial charge in [-0.15, -0.1) is 0 Å². The molecule has 0 amide bonds. The molecule has 23 heavy (non-hydrogen) atoms. The predicted octanol–water partition coefficient (Wildman–Crippen LogP) is 3.74. The van der Waals surface area contributed by atoms with Gasteiger partial charge in [0.25, 0.3) is 0 Å². The van der Waals surface area contributed by atoms with Crippen LogP contribution in [0.2, 0.25) is 5.02 Å². The van der Waals surface area contributed by atoms with Crippen molar-refractivity contribution in [2.45, 2.75) is 0 Å². The summed E-state index contributed by atoms with van der Waals surface area (Å²) in [5.74, 6) is 1.03. The third-order valence-corrected chi connectivity index (χ3v) is 3.39. The van der Waals surface area contributed by atoms with E-state index < -0.39 is 0 Å². The Hall–Kier alpha value is -2.86. The maximum Gasteiger partial charge on any atom is 0.234 e. The Balaban J connectivity index is 1.85. The van der Waals surface area contributed by atoms with Gasteiger partial charge in [-0.05, 0) is 30.3 Å². The predicted molar refractivity (Wildman–Crippen MR) is 90.7 cm³/mol. The average Bonchev–Trinajstić information content (AvgIpc) is 2.54. The van der Waals surface area contributed by atoms with Gasteiger partial charge in [0.2, 0.25) is 11.9 Å². The molecule has 2 aromatic carbocycles. The fourth-order valence-corrected chi connectivity index (χ4v) is 2.21. The first-order valence-corrected chi connectivity index (χ1v) is 7.24. The zero-order chi connectivity index (χ0) is 16.2. The molecule has 3 rings (SSSR count). The minimum absolute atomic E-state index is 0.167. The van der Waals surface area contributed by atoms with E-state index in [0.717, 1.165) is 5.69 Å². The van der Waals surface area contributed by atoms with E-state index in [-0.39, 0.29) is 5.75 Å². The minimum Gasteiger partial charge on any atom is -0.508 e. The van der Waals surface area contributed by atoms with Crippen molar-refractivity contribution in [2.24, 2.45) is 0 Å². The molecule has 2 N–H and O–H groups in total. The number of hydrogen-bond acceptors (Lipinski definition) is 6. The number of hydrogen-bond donors (Lipinski definition) is 2. The molecule has 0 aliphatic carbocycles. The molecule has 7 heteroatoms. The number of rotatable bonds is 4. The maximum absolute atomic E-state index is 9.49. The first kappa shape index (κ1) is 15.1. The molecule has 0 saturated carbocycles. The Bertz CT molecular complexity index is 827. The van der Waals surface area contributed by atoms with Crippen LogP contribution in [0.25, 0.3) is 0 Å². The molecule has 1 heterocycles.